The third-order valence-electron chi connectivity index (χ3n) is 2.01. The highest BCUT2D eigenvalue weighted by molar-refractivity contribution is 14.1. The van der Waals surface area contributed by atoms with Crippen molar-refractivity contribution in [2.45, 2.75) is 20.8 Å². The van der Waals surface area contributed by atoms with Crippen molar-refractivity contribution in [3.8, 4) is 6.07 Å². The Morgan fingerprint density at radius 2 is 2.00 bits per heavy atom. The first-order chi connectivity index (χ1) is 5.00. The molecule has 0 aliphatic heterocycles. The van der Waals surface area contributed by atoms with E-state index in [0.29, 0.717) is 0 Å². The van der Waals surface area contributed by atoms with Crippen molar-refractivity contribution in [1.29, 1.82) is 5.26 Å². The molecular formula is C8H13IN2. The highest BCUT2D eigenvalue weighted by Gasteiger charge is 2.14. The monoisotopic (exact) mass is 264 g/mol. The molecule has 0 heterocycles. The van der Waals surface area contributed by atoms with Crippen molar-refractivity contribution in [2.24, 2.45) is 17.6 Å². The van der Waals surface area contributed by atoms with E-state index < -0.39 is 0 Å². The van der Waals surface area contributed by atoms with Crippen LogP contribution in [0.5, 0.6) is 0 Å². The Labute approximate surface area is 81.6 Å². The molecule has 11 heavy (non-hydrogen) atoms. The molecule has 0 aliphatic rings. The molecule has 0 bridgehead atoms. The largest absolute Gasteiger partial charge is 0.394 e. The second-order valence-corrected chi connectivity index (χ2v) is 3.90. The Hall–Kier alpha value is -0.240. The van der Waals surface area contributed by atoms with Crippen molar-refractivity contribution in [3.63, 3.8) is 0 Å². The summed E-state index contributed by atoms with van der Waals surface area (Å²) in [6, 6.07) is 2.21. The topological polar surface area (TPSA) is 49.8 Å². The summed E-state index contributed by atoms with van der Waals surface area (Å²) < 4.78 is 0.803. The van der Waals surface area contributed by atoms with E-state index in [-0.39, 0.29) is 11.8 Å². The summed E-state index contributed by atoms with van der Waals surface area (Å²) in [4.78, 5) is 0. The zero-order valence-corrected chi connectivity index (χ0v) is 9.21. The zero-order chi connectivity index (χ0) is 9.02. The van der Waals surface area contributed by atoms with Crippen LogP contribution in [0.15, 0.2) is 9.28 Å². The van der Waals surface area contributed by atoms with E-state index in [0.717, 1.165) is 9.28 Å². The predicted octanol–water partition coefficient (Wildman–Crippen LogP) is 2.41. The Morgan fingerprint density at radius 1 is 1.55 bits per heavy atom. The van der Waals surface area contributed by atoms with E-state index in [4.69, 9.17) is 11.0 Å². The van der Waals surface area contributed by atoms with Crippen LogP contribution in [0.25, 0.3) is 0 Å². The van der Waals surface area contributed by atoms with Gasteiger partial charge in [0.25, 0.3) is 0 Å². The lowest BCUT2D eigenvalue weighted by atomic mass is 9.91. The average Bonchev–Trinajstić information content (AvgIpc) is 2.00. The number of hydrogen-bond acceptors (Lipinski definition) is 2. The Kier molecular flexibility index (Phi) is 4.50. The van der Waals surface area contributed by atoms with Gasteiger partial charge in [-0.25, -0.2) is 0 Å². The normalized spacial score (nSPS) is 18.1. The van der Waals surface area contributed by atoms with Crippen LogP contribution in [0.3, 0.4) is 0 Å². The summed E-state index contributed by atoms with van der Waals surface area (Å²) in [6.45, 7) is 5.91. The Bertz CT molecular complexity index is 199. The molecule has 0 saturated carbocycles. The molecule has 2 N–H and O–H groups in total. The summed E-state index contributed by atoms with van der Waals surface area (Å²) in [5.41, 5.74) is 6.70. The number of halogens is 1. The van der Waals surface area contributed by atoms with Crippen molar-refractivity contribution >= 4 is 22.6 Å². The van der Waals surface area contributed by atoms with Gasteiger partial charge in [0.15, 0.2) is 0 Å². The molecular weight excluding hydrogens is 251 g/mol. The van der Waals surface area contributed by atoms with Gasteiger partial charge in [0.1, 0.15) is 0 Å². The highest BCUT2D eigenvalue weighted by Crippen LogP contribution is 2.22. The lowest BCUT2D eigenvalue weighted by Crippen LogP contribution is -2.10. The number of nitrogens with zero attached hydrogens (tertiary/aromatic N) is 1. The van der Waals surface area contributed by atoms with Crippen molar-refractivity contribution in [1.82, 2.24) is 0 Å². The molecule has 0 rings (SSSR count). The number of allylic oxidation sites excluding steroid dienone is 1. The molecule has 2 unspecified atom stereocenters. The maximum Gasteiger partial charge on any atom is 0.0698 e. The molecule has 0 radical (unpaired) electrons. The first kappa shape index (κ1) is 10.8. The fourth-order valence-electron chi connectivity index (χ4n) is 0.704. The molecule has 0 saturated heterocycles. The van der Waals surface area contributed by atoms with Gasteiger partial charge in [0, 0.05) is 5.92 Å². The standard InChI is InChI=1S/C8H13IN2/c1-5(4-10)6(2)7(3)8(9)11/h5-6H,11H2,1-3H3/b8-7-. The third kappa shape index (κ3) is 3.10. The average molecular weight is 264 g/mol. The van der Waals surface area contributed by atoms with Crippen LogP contribution in [-0.2, 0) is 0 Å². The first-order valence-electron chi connectivity index (χ1n) is 3.52. The number of nitrogens with two attached hydrogens (primary N) is 1. The molecule has 0 aromatic carbocycles. The summed E-state index contributed by atoms with van der Waals surface area (Å²) >= 11 is 2.08. The van der Waals surface area contributed by atoms with Gasteiger partial charge in [0.2, 0.25) is 0 Å². The SMILES string of the molecule is C/C(=C(/N)I)C(C)C(C)C#N. The van der Waals surface area contributed by atoms with Gasteiger partial charge < -0.3 is 5.73 Å². The second-order valence-electron chi connectivity index (χ2n) is 2.74. The van der Waals surface area contributed by atoms with E-state index in [2.05, 4.69) is 28.7 Å². The van der Waals surface area contributed by atoms with Crippen LogP contribution < -0.4 is 5.73 Å². The highest BCUT2D eigenvalue weighted by atomic mass is 127. The van der Waals surface area contributed by atoms with Gasteiger partial charge in [-0.1, -0.05) is 6.92 Å². The van der Waals surface area contributed by atoms with Crippen LogP contribution in [0.4, 0.5) is 0 Å². The zero-order valence-electron chi connectivity index (χ0n) is 7.06. The fourth-order valence-corrected chi connectivity index (χ4v) is 1.20. The summed E-state index contributed by atoms with van der Waals surface area (Å²) in [6.07, 6.45) is 0. The first-order valence-corrected chi connectivity index (χ1v) is 4.60. The minimum atomic E-state index is 0.0447. The number of hydrogen-bond donors (Lipinski definition) is 1. The summed E-state index contributed by atoms with van der Waals surface area (Å²) in [5.74, 6) is 0.306. The molecule has 0 aliphatic carbocycles. The second kappa shape index (κ2) is 4.60. The molecule has 2 nitrogen and oxygen atoms in total. The van der Waals surface area contributed by atoms with Crippen LogP contribution in [0.2, 0.25) is 0 Å². The van der Waals surface area contributed by atoms with Crippen LogP contribution >= 0.6 is 22.6 Å². The van der Waals surface area contributed by atoms with Gasteiger partial charge >= 0.3 is 0 Å². The smallest absolute Gasteiger partial charge is 0.0698 e. The minimum absolute atomic E-state index is 0.0447. The lowest BCUT2D eigenvalue weighted by Gasteiger charge is -2.14. The Morgan fingerprint density at radius 3 is 2.27 bits per heavy atom. The van der Waals surface area contributed by atoms with Gasteiger partial charge in [-0.15, -0.1) is 0 Å². The van der Waals surface area contributed by atoms with E-state index >= 15 is 0 Å². The lowest BCUT2D eigenvalue weighted by molar-refractivity contribution is 0.539. The molecule has 2 atom stereocenters. The van der Waals surface area contributed by atoms with Gasteiger partial charge in [-0.05, 0) is 47.9 Å². The molecule has 0 amide bonds. The van der Waals surface area contributed by atoms with Crippen molar-refractivity contribution in [2.75, 3.05) is 0 Å². The van der Waals surface area contributed by atoms with E-state index in [1.165, 1.54) is 0 Å². The molecule has 0 aromatic heterocycles. The Balaban J connectivity index is 4.40. The maximum absolute atomic E-state index is 8.62. The van der Waals surface area contributed by atoms with Crippen LogP contribution in [-0.4, -0.2) is 0 Å². The maximum atomic E-state index is 8.62. The molecule has 0 spiro atoms. The molecule has 0 aromatic rings. The molecule has 0 fully saturated rings. The number of nitriles is 1. The fraction of sp³-hybridized carbons (Fsp3) is 0.625. The van der Waals surface area contributed by atoms with E-state index in [9.17, 15) is 0 Å². The quantitative estimate of drug-likeness (QED) is 0.615. The van der Waals surface area contributed by atoms with Crippen LogP contribution in [0, 0.1) is 23.2 Å². The van der Waals surface area contributed by atoms with Gasteiger partial charge in [-0.3, -0.25) is 0 Å². The van der Waals surface area contributed by atoms with Crippen molar-refractivity contribution < 1.29 is 0 Å². The summed E-state index contributed by atoms with van der Waals surface area (Å²) in [7, 11) is 0. The summed E-state index contributed by atoms with van der Waals surface area (Å²) in [5, 5.41) is 8.62. The predicted molar refractivity (Wildman–Crippen MR) is 54.8 cm³/mol. The van der Waals surface area contributed by atoms with Crippen molar-refractivity contribution in [3.05, 3.63) is 9.28 Å². The van der Waals surface area contributed by atoms with E-state index in [1.54, 1.807) is 0 Å². The van der Waals surface area contributed by atoms with E-state index in [1.807, 2.05) is 20.8 Å². The molecule has 62 valence electrons. The van der Waals surface area contributed by atoms with Gasteiger partial charge in [-0.2, -0.15) is 5.26 Å². The molecule has 3 heteroatoms. The minimum Gasteiger partial charge on any atom is -0.394 e. The van der Waals surface area contributed by atoms with Crippen LogP contribution in [0.1, 0.15) is 20.8 Å². The third-order valence-corrected chi connectivity index (χ3v) is 2.86. The van der Waals surface area contributed by atoms with Gasteiger partial charge in [0.05, 0.1) is 9.77 Å². The number of rotatable bonds is 2.